The van der Waals surface area contributed by atoms with E-state index in [2.05, 4.69) is 11.8 Å². The summed E-state index contributed by atoms with van der Waals surface area (Å²) in [5, 5.41) is 17.2. The number of rotatable bonds is 3. The molecule has 1 aromatic rings. The number of aryl methyl sites for hydroxylation is 1. The minimum absolute atomic E-state index is 0.0879. The molecule has 1 aliphatic rings. The van der Waals surface area contributed by atoms with E-state index in [0.29, 0.717) is 5.92 Å². The van der Waals surface area contributed by atoms with Gasteiger partial charge in [-0.3, -0.25) is 5.41 Å². The second-order valence-electron chi connectivity index (χ2n) is 5.14. The van der Waals surface area contributed by atoms with Gasteiger partial charge in [0.25, 0.3) is 0 Å². The van der Waals surface area contributed by atoms with Crippen LogP contribution in [0.25, 0.3) is 0 Å². The molecule has 0 radical (unpaired) electrons. The predicted molar refractivity (Wildman–Crippen MR) is 74.2 cm³/mol. The van der Waals surface area contributed by atoms with Gasteiger partial charge in [-0.05, 0) is 31.4 Å². The number of benzene rings is 1. The highest BCUT2D eigenvalue weighted by molar-refractivity contribution is 6.00. The Morgan fingerprint density at radius 1 is 1.56 bits per heavy atom. The van der Waals surface area contributed by atoms with Crippen molar-refractivity contribution >= 4 is 11.5 Å². The van der Waals surface area contributed by atoms with Crippen molar-refractivity contribution in [1.29, 1.82) is 5.41 Å². The van der Waals surface area contributed by atoms with Crippen LogP contribution in [0, 0.1) is 18.3 Å². The Balaban J connectivity index is 2.41. The molecule has 0 spiro atoms. The van der Waals surface area contributed by atoms with Crippen LogP contribution < -0.4 is 10.6 Å². The molecular weight excluding hydrogens is 226 g/mol. The number of nitrogens with two attached hydrogens (primary N) is 1. The summed E-state index contributed by atoms with van der Waals surface area (Å²) >= 11 is 0. The lowest BCUT2D eigenvalue weighted by Crippen LogP contribution is -2.36. The number of nitrogens with zero attached hydrogens (tertiary/aromatic N) is 1. The molecule has 0 saturated carbocycles. The first kappa shape index (κ1) is 12.9. The van der Waals surface area contributed by atoms with Gasteiger partial charge >= 0.3 is 0 Å². The Kier molecular flexibility index (Phi) is 3.57. The largest absolute Gasteiger partial charge is 0.394 e. The second kappa shape index (κ2) is 4.98. The minimum atomic E-state index is 0.0879. The van der Waals surface area contributed by atoms with Gasteiger partial charge in [0.2, 0.25) is 0 Å². The Morgan fingerprint density at radius 3 is 2.89 bits per heavy atom. The summed E-state index contributed by atoms with van der Waals surface area (Å²) in [4.78, 5) is 2.18. The highest BCUT2D eigenvalue weighted by Crippen LogP contribution is 2.32. The van der Waals surface area contributed by atoms with Gasteiger partial charge in [0, 0.05) is 17.8 Å². The SMILES string of the molecule is Cc1ccc(N2CCC(C)C2CO)c(C(=N)N)c1. The Labute approximate surface area is 108 Å². The highest BCUT2D eigenvalue weighted by atomic mass is 16.3. The highest BCUT2D eigenvalue weighted by Gasteiger charge is 2.31. The van der Waals surface area contributed by atoms with Crippen molar-refractivity contribution in [2.45, 2.75) is 26.3 Å². The summed E-state index contributed by atoms with van der Waals surface area (Å²) in [6.45, 7) is 5.21. The molecule has 1 fully saturated rings. The Morgan fingerprint density at radius 2 is 2.28 bits per heavy atom. The predicted octanol–water partition coefficient (Wildman–Crippen LogP) is 1.49. The van der Waals surface area contributed by atoms with Gasteiger partial charge < -0.3 is 15.7 Å². The fourth-order valence-electron chi connectivity index (χ4n) is 2.70. The van der Waals surface area contributed by atoms with Crippen LogP contribution in [0.1, 0.15) is 24.5 Å². The molecule has 4 heteroatoms. The van der Waals surface area contributed by atoms with Crippen molar-refractivity contribution in [2.75, 3.05) is 18.1 Å². The lowest BCUT2D eigenvalue weighted by Gasteiger charge is -2.29. The fraction of sp³-hybridized carbons (Fsp3) is 0.500. The van der Waals surface area contributed by atoms with Crippen LogP contribution in [0.4, 0.5) is 5.69 Å². The molecule has 98 valence electrons. The summed E-state index contributed by atoms with van der Waals surface area (Å²) < 4.78 is 0. The number of nitrogen functional groups attached to an aromatic ring is 1. The lowest BCUT2D eigenvalue weighted by atomic mass is 10.0. The number of aliphatic hydroxyl groups is 1. The smallest absolute Gasteiger partial charge is 0.124 e. The van der Waals surface area contributed by atoms with Gasteiger partial charge in [-0.2, -0.15) is 0 Å². The molecule has 0 aliphatic carbocycles. The fourth-order valence-corrected chi connectivity index (χ4v) is 2.70. The molecule has 0 amide bonds. The molecule has 1 aromatic carbocycles. The average Bonchev–Trinajstić information content (AvgIpc) is 2.70. The van der Waals surface area contributed by atoms with E-state index in [0.717, 1.165) is 29.8 Å². The maximum atomic E-state index is 9.53. The van der Waals surface area contributed by atoms with Crippen LogP contribution in [0.5, 0.6) is 0 Å². The normalized spacial score (nSPS) is 23.4. The summed E-state index contributed by atoms with van der Waals surface area (Å²) in [6, 6.07) is 6.10. The zero-order valence-electron chi connectivity index (χ0n) is 11.0. The first-order valence-corrected chi connectivity index (χ1v) is 6.37. The van der Waals surface area contributed by atoms with Gasteiger partial charge in [-0.25, -0.2) is 0 Å². The van der Waals surface area contributed by atoms with E-state index in [1.54, 1.807) is 0 Å². The van der Waals surface area contributed by atoms with Crippen molar-refractivity contribution in [1.82, 2.24) is 0 Å². The second-order valence-corrected chi connectivity index (χ2v) is 5.14. The van der Waals surface area contributed by atoms with Crippen LogP contribution in [-0.2, 0) is 0 Å². The number of anilines is 1. The van der Waals surface area contributed by atoms with E-state index in [1.807, 2.05) is 25.1 Å². The zero-order valence-corrected chi connectivity index (χ0v) is 11.0. The standard InChI is InChI=1S/C14H21N3O/c1-9-3-4-12(11(7-9)14(15)16)17-6-5-10(2)13(17)8-18/h3-4,7,10,13,18H,5-6,8H2,1-2H3,(H3,15,16). The molecule has 0 aromatic heterocycles. The molecular formula is C14H21N3O. The summed E-state index contributed by atoms with van der Waals surface area (Å²) in [5.74, 6) is 0.557. The molecule has 2 unspecified atom stereocenters. The molecule has 1 aliphatic heterocycles. The quantitative estimate of drug-likeness (QED) is 0.559. The zero-order chi connectivity index (χ0) is 13.3. The van der Waals surface area contributed by atoms with Gasteiger partial charge in [-0.1, -0.05) is 18.6 Å². The molecule has 2 atom stereocenters. The van der Waals surface area contributed by atoms with Crippen molar-refractivity contribution in [3.8, 4) is 0 Å². The maximum absolute atomic E-state index is 9.53. The van der Waals surface area contributed by atoms with E-state index in [-0.39, 0.29) is 18.5 Å². The molecule has 1 saturated heterocycles. The van der Waals surface area contributed by atoms with Crippen LogP contribution in [-0.4, -0.2) is 30.1 Å². The van der Waals surface area contributed by atoms with Crippen LogP contribution in [0.15, 0.2) is 18.2 Å². The third-order valence-corrected chi connectivity index (χ3v) is 3.82. The van der Waals surface area contributed by atoms with E-state index in [1.165, 1.54) is 0 Å². The summed E-state index contributed by atoms with van der Waals surface area (Å²) in [7, 11) is 0. The molecule has 1 heterocycles. The molecule has 0 bridgehead atoms. The Bertz CT molecular complexity index is 458. The topological polar surface area (TPSA) is 73.3 Å². The lowest BCUT2D eigenvalue weighted by molar-refractivity contribution is 0.245. The molecule has 4 nitrogen and oxygen atoms in total. The van der Waals surface area contributed by atoms with E-state index >= 15 is 0 Å². The third-order valence-electron chi connectivity index (χ3n) is 3.82. The van der Waals surface area contributed by atoms with Crippen molar-refractivity contribution < 1.29 is 5.11 Å². The van der Waals surface area contributed by atoms with Crippen LogP contribution >= 0.6 is 0 Å². The summed E-state index contributed by atoms with van der Waals surface area (Å²) in [6.07, 6.45) is 1.07. The van der Waals surface area contributed by atoms with Crippen LogP contribution in [0.3, 0.4) is 0 Å². The number of aliphatic hydroxyl groups excluding tert-OH is 1. The van der Waals surface area contributed by atoms with Crippen molar-refractivity contribution in [3.63, 3.8) is 0 Å². The number of amidine groups is 1. The Hall–Kier alpha value is -1.55. The average molecular weight is 247 g/mol. The van der Waals surface area contributed by atoms with E-state index < -0.39 is 0 Å². The van der Waals surface area contributed by atoms with Gasteiger partial charge in [-0.15, -0.1) is 0 Å². The first-order chi connectivity index (χ1) is 8.54. The molecule has 2 rings (SSSR count). The molecule has 18 heavy (non-hydrogen) atoms. The third kappa shape index (κ3) is 2.20. The molecule has 4 N–H and O–H groups in total. The number of nitrogens with one attached hydrogen (secondary N) is 1. The monoisotopic (exact) mass is 247 g/mol. The van der Waals surface area contributed by atoms with Gasteiger partial charge in [0.1, 0.15) is 5.84 Å². The maximum Gasteiger partial charge on any atom is 0.124 e. The van der Waals surface area contributed by atoms with E-state index in [9.17, 15) is 5.11 Å². The van der Waals surface area contributed by atoms with Crippen molar-refractivity contribution in [2.24, 2.45) is 11.7 Å². The van der Waals surface area contributed by atoms with Crippen molar-refractivity contribution in [3.05, 3.63) is 29.3 Å². The first-order valence-electron chi connectivity index (χ1n) is 6.37. The number of hydrogen-bond acceptors (Lipinski definition) is 3. The summed E-state index contributed by atoms with van der Waals surface area (Å²) in [5.41, 5.74) is 8.50. The van der Waals surface area contributed by atoms with Crippen LogP contribution in [0.2, 0.25) is 0 Å². The van der Waals surface area contributed by atoms with Gasteiger partial charge in [0.05, 0.1) is 12.6 Å². The minimum Gasteiger partial charge on any atom is -0.394 e. The number of hydrogen-bond donors (Lipinski definition) is 3. The van der Waals surface area contributed by atoms with E-state index in [4.69, 9.17) is 11.1 Å². The van der Waals surface area contributed by atoms with Gasteiger partial charge in [0.15, 0.2) is 0 Å².